The molecule has 0 aliphatic rings. The van der Waals surface area contributed by atoms with Crippen LogP contribution in [0, 0.1) is 16.2 Å². The largest absolute Gasteiger partial charge is 0.469 e. The number of furan rings is 1. The zero-order valence-electron chi connectivity index (χ0n) is 20.3. The van der Waals surface area contributed by atoms with Crippen LogP contribution in [0.25, 0.3) is 0 Å². The molecule has 0 fully saturated rings. The maximum atomic E-state index is 5.21. The number of hydrogen-bond acceptors (Lipinski definition) is 5. The number of rotatable bonds is 3. The lowest BCUT2D eigenvalue weighted by molar-refractivity contribution is 0.354. The van der Waals surface area contributed by atoms with Crippen molar-refractivity contribution in [2.45, 2.75) is 81.6 Å². The Kier molecular flexibility index (Phi) is 10.0. The monoisotopic (exact) mass is 432 g/mol. The molecule has 4 nitrogen and oxygen atoms in total. The van der Waals surface area contributed by atoms with E-state index in [1.54, 1.807) is 30.1 Å². The molecular formula is C25H40N2O2S. The summed E-state index contributed by atoms with van der Waals surface area (Å²) in [5.74, 6) is 1.90. The Labute approximate surface area is 187 Å². The van der Waals surface area contributed by atoms with E-state index in [0.29, 0.717) is 10.8 Å². The van der Waals surface area contributed by atoms with Gasteiger partial charge in [0.15, 0.2) is 5.89 Å². The molecule has 3 aromatic heterocycles. The van der Waals surface area contributed by atoms with Crippen molar-refractivity contribution in [3.63, 3.8) is 0 Å². The minimum absolute atomic E-state index is 0.269. The van der Waals surface area contributed by atoms with E-state index < -0.39 is 0 Å². The molecule has 3 rings (SSSR count). The third-order valence-electron chi connectivity index (χ3n) is 3.61. The quantitative estimate of drug-likeness (QED) is 0.422. The molecular weight excluding hydrogens is 392 g/mol. The minimum Gasteiger partial charge on any atom is -0.469 e. The molecule has 0 spiro atoms. The SMILES string of the molecule is CC(C)(C)Cc1ccco1.CC(C)(C)Cc1ncco1.CC(C)(C)Cc1nccs1. The van der Waals surface area contributed by atoms with E-state index >= 15 is 0 Å². The van der Waals surface area contributed by atoms with Crippen molar-refractivity contribution in [2.24, 2.45) is 16.2 Å². The summed E-state index contributed by atoms with van der Waals surface area (Å²) >= 11 is 1.74. The third-order valence-corrected chi connectivity index (χ3v) is 4.39. The fourth-order valence-corrected chi connectivity index (χ4v) is 3.44. The Hall–Kier alpha value is -1.88. The first-order chi connectivity index (χ1) is 13.7. The Balaban J connectivity index is 0.000000225. The lowest BCUT2D eigenvalue weighted by Gasteiger charge is -2.15. The van der Waals surface area contributed by atoms with Crippen LogP contribution in [0.1, 0.15) is 79.0 Å². The summed E-state index contributed by atoms with van der Waals surface area (Å²) in [5.41, 5.74) is 0.973. The first-order valence-corrected chi connectivity index (χ1v) is 11.4. The molecule has 0 aromatic carbocycles. The van der Waals surface area contributed by atoms with Crippen LogP contribution in [-0.4, -0.2) is 9.97 Å². The molecule has 0 saturated heterocycles. The van der Waals surface area contributed by atoms with Gasteiger partial charge in [0.2, 0.25) is 0 Å². The van der Waals surface area contributed by atoms with Gasteiger partial charge in [0, 0.05) is 30.8 Å². The summed E-state index contributed by atoms with van der Waals surface area (Å²) in [6.07, 6.45) is 9.89. The fourth-order valence-electron chi connectivity index (χ4n) is 2.52. The van der Waals surface area contributed by atoms with Crippen molar-refractivity contribution in [3.05, 3.63) is 59.1 Å². The summed E-state index contributed by atoms with van der Waals surface area (Å²) < 4.78 is 10.3. The summed E-state index contributed by atoms with van der Waals surface area (Å²) in [5, 5.41) is 3.27. The van der Waals surface area contributed by atoms with Crippen LogP contribution in [0.4, 0.5) is 0 Å². The molecule has 0 atom stereocenters. The molecule has 0 N–H and O–H groups in total. The lowest BCUT2D eigenvalue weighted by atomic mass is 9.91. The smallest absolute Gasteiger partial charge is 0.194 e. The second-order valence-electron chi connectivity index (χ2n) is 11.1. The second kappa shape index (κ2) is 11.5. The van der Waals surface area contributed by atoms with Gasteiger partial charge < -0.3 is 8.83 Å². The highest BCUT2D eigenvalue weighted by Crippen LogP contribution is 2.22. The highest BCUT2D eigenvalue weighted by molar-refractivity contribution is 7.09. The van der Waals surface area contributed by atoms with E-state index in [1.807, 2.05) is 23.7 Å². The van der Waals surface area contributed by atoms with Crippen LogP contribution >= 0.6 is 11.3 Å². The highest BCUT2D eigenvalue weighted by Gasteiger charge is 2.14. The lowest BCUT2D eigenvalue weighted by Crippen LogP contribution is -2.08. The zero-order chi connectivity index (χ0) is 22.8. The molecule has 0 unspecified atom stereocenters. The number of hydrogen-bond donors (Lipinski definition) is 0. The van der Waals surface area contributed by atoms with Crippen LogP contribution in [0.15, 0.2) is 51.3 Å². The second-order valence-corrected chi connectivity index (χ2v) is 12.1. The van der Waals surface area contributed by atoms with Crippen LogP contribution < -0.4 is 0 Å². The maximum Gasteiger partial charge on any atom is 0.194 e. The summed E-state index contributed by atoms with van der Waals surface area (Å²) in [7, 11) is 0. The molecule has 0 bridgehead atoms. The van der Waals surface area contributed by atoms with Crippen LogP contribution in [0.5, 0.6) is 0 Å². The molecule has 0 radical (unpaired) electrons. The van der Waals surface area contributed by atoms with Gasteiger partial charge in [-0.2, -0.15) is 0 Å². The van der Waals surface area contributed by atoms with Crippen molar-refractivity contribution < 1.29 is 8.83 Å². The molecule has 5 heteroatoms. The van der Waals surface area contributed by atoms with Gasteiger partial charge in [0.05, 0.1) is 17.5 Å². The maximum absolute atomic E-state index is 5.21. The van der Waals surface area contributed by atoms with Crippen molar-refractivity contribution in [1.29, 1.82) is 0 Å². The highest BCUT2D eigenvalue weighted by atomic mass is 32.1. The van der Waals surface area contributed by atoms with E-state index in [1.165, 1.54) is 5.01 Å². The number of nitrogens with zero attached hydrogens (tertiary/aromatic N) is 2. The van der Waals surface area contributed by atoms with Gasteiger partial charge in [-0.1, -0.05) is 62.3 Å². The Morgan fingerprint density at radius 1 is 0.733 bits per heavy atom. The molecule has 0 aliphatic carbocycles. The van der Waals surface area contributed by atoms with E-state index in [-0.39, 0.29) is 5.41 Å². The van der Waals surface area contributed by atoms with Gasteiger partial charge in [-0.05, 0) is 28.4 Å². The van der Waals surface area contributed by atoms with E-state index in [0.717, 1.165) is 30.9 Å². The van der Waals surface area contributed by atoms with Gasteiger partial charge in [-0.25, -0.2) is 9.97 Å². The molecule has 3 aromatic rings. The van der Waals surface area contributed by atoms with Gasteiger partial charge in [-0.15, -0.1) is 11.3 Å². The predicted molar refractivity (Wildman–Crippen MR) is 127 cm³/mol. The molecule has 30 heavy (non-hydrogen) atoms. The average Bonchev–Trinajstić information content (AvgIpc) is 3.27. The first-order valence-electron chi connectivity index (χ1n) is 10.5. The Bertz CT molecular complexity index is 660. The van der Waals surface area contributed by atoms with E-state index in [2.05, 4.69) is 72.3 Å². The van der Waals surface area contributed by atoms with Crippen molar-refractivity contribution in [2.75, 3.05) is 0 Å². The van der Waals surface area contributed by atoms with Gasteiger partial charge in [-0.3, -0.25) is 0 Å². The topological polar surface area (TPSA) is 52.1 Å². The Morgan fingerprint density at radius 3 is 1.77 bits per heavy atom. The van der Waals surface area contributed by atoms with Crippen LogP contribution in [0.2, 0.25) is 0 Å². The molecule has 168 valence electrons. The predicted octanol–water partition coefficient (Wildman–Crippen LogP) is 7.86. The van der Waals surface area contributed by atoms with Crippen molar-refractivity contribution in [1.82, 2.24) is 9.97 Å². The fraction of sp³-hybridized carbons (Fsp3) is 0.600. The molecule has 0 saturated carbocycles. The molecule has 0 aliphatic heterocycles. The standard InChI is InChI=1S/C9H14O.C8H13NO.C8H13NS/c1-9(2,3)7-8-5-4-6-10-8;2*1-8(2,3)6-7-9-4-5-10-7/h4-6H,7H2,1-3H3;2*4-5H,6H2,1-3H3. The van der Waals surface area contributed by atoms with Crippen molar-refractivity contribution >= 4 is 11.3 Å². The van der Waals surface area contributed by atoms with Gasteiger partial charge >= 0.3 is 0 Å². The van der Waals surface area contributed by atoms with Crippen molar-refractivity contribution in [3.8, 4) is 0 Å². The number of oxazole rings is 1. The zero-order valence-corrected chi connectivity index (χ0v) is 21.1. The summed E-state index contributed by atoms with van der Waals surface area (Å²) in [4.78, 5) is 8.26. The average molecular weight is 433 g/mol. The molecule has 0 amide bonds. The van der Waals surface area contributed by atoms with E-state index in [9.17, 15) is 0 Å². The van der Waals surface area contributed by atoms with Crippen LogP contribution in [-0.2, 0) is 19.3 Å². The number of thiazole rings is 1. The number of aromatic nitrogens is 2. The normalized spacial score (nSPS) is 11.9. The van der Waals surface area contributed by atoms with Crippen LogP contribution in [0.3, 0.4) is 0 Å². The Morgan fingerprint density at radius 2 is 1.37 bits per heavy atom. The summed E-state index contributed by atoms with van der Waals surface area (Å²) in [6.45, 7) is 19.8. The first kappa shape index (κ1) is 26.2. The third kappa shape index (κ3) is 14.2. The van der Waals surface area contributed by atoms with Gasteiger partial charge in [0.25, 0.3) is 0 Å². The van der Waals surface area contributed by atoms with E-state index in [4.69, 9.17) is 8.83 Å². The van der Waals surface area contributed by atoms with Gasteiger partial charge in [0.1, 0.15) is 12.0 Å². The molecule has 3 heterocycles. The summed E-state index contributed by atoms with van der Waals surface area (Å²) in [6, 6.07) is 3.95. The minimum atomic E-state index is 0.269.